The number of halogens is 2. The van der Waals surface area contributed by atoms with Gasteiger partial charge in [0.05, 0.1) is 11.3 Å². The van der Waals surface area contributed by atoms with Crippen LogP contribution in [0.3, 0.4) is 0 Å². The van der Waals surface area contributed by atoms with Gasteiger partial charge in [-0.3, -0.25) is 0 Å². The lowest BCUT2D eigenvalue weighted by molar-refractivity contribution is 0.0697. The summed E-state index contributed by atoms with van der Waals surface area (Å²) in [5, 5.41) is 11.3. The van der Waals surface area contributed by atoms with Gasteiger partial charge in [0.25, 0.3) is 0 Å². The van der Waals surface area contributed by atoms with Gasteiger partial charge in [0.15, 0.2) is 11.6 Å². The summed E-state index contributed by atoms with van der Waals surface area (Å²) in [5.74, 6) is -3.97. The quantitative estimate of drug-likeness (QED) is 0.896. The number of nitrogens with zero attached hydrogens (tertiary/aromatic N) is 1. The number of carbonyl (C=O) groups is 2. The van der Waals surface area contributed by atoms with E-state index in [1.165, 1.54) is 4.90 Å². The van der Waals surface area contributed by atoms with Gasteiger partial charge in [0, 0.05) is 18.7 Å². The summed E-state index contributed by atoms with van der Waals surface area (Å²) >= 11 is 0. The van der Waals surface area contributed by atoms with Crippen molar-refractivity contribution in [3.05, 3.63) is 29.3 Å². The molecule has 0 atom stereocenters. The number of hydrogen-bond acceptors (Lipinski definition) is 2. The molecule has 0 bridgehead atoms. The Morgan fingerprint density at radius 1 is 1.29 bits per heavy atom. The summed E-state index contributed by atoms with van der Waals surface area (Å²) in [6.45, 7) is 5.55. The minimum Gasteiger partial charge on any atom is -0.478 e. The van der Waals surface area contributed by atoms with Gasteiger partial charge in [0.2, 0.25) is 0 Å². The molecule has 0 aliphatic rings. The number of benzene rings is 1. The second kappa shape index (κ2) is 6.07. The van der Waals surface area contributed by atoms with Crippen LogP contribution in [-0.4, -0.2) is 34.6 Å². The normalized spacial score (nSPS) is 11.1. The van der Waals surface area contributed by atoms with Gasteiger partial charge in [0.1, 0.15) is 0 Å². The Morgan fingerprint density at radius 2 is 1.81 bits per heavy atom. The number of anilines is 1. The Hall–Kier alpha value is -2.18. The first kappa shape index (κ1) is 16.9. The molecule has 0 saturated carbocycles. The van der Waals surface area contributed by atoms with E-state index in [-0.39, 0.29) is 5.69 Å². The Bertz CT molecular complexity index is 574. The van der Waals surface area contributed by atoms with E-state index >= 15 is 0 Å². The van der Waals surface area contributed by atoms with Crippen LogP contribution in [0.15, 0.2) is 12.1 Å². The van der Waals surface area contributed by atoms with Gasteiger partial charge in [-0.2, -0.15) is 0 Å². The van der Waals surface area contributed by atoms with Crippen LogP contribution in [0, 0.1) is 11.6 Å². The monoisotopic (exact) mass is 300 g/mol. The van der Waals surface area contributed by atoms with Gasteiger partial charge in [-0.1, -0.05) is 6.92 Å². The summed E-state index contributed by atoms with van der Waals surface area (Å²) in [4.78, 5) is 24.5. The highest BCUT2D eigenvalue weighted by molar-refractivity contribution is 6.00. The lowest BCUT2D eigenvalue weighted by Crippen LogP contribution is -2.46. The number of rotatable bonds is 4. The molecular weight excluding hydrogens is 282 g/mol. The van der Waals surface area contributed by atoms with Gasteiger partial charge >= 0.3 is 12.0 Å². The number of hydrogen-bond donors (Lipinski definition) is 2. The molecule has 1 aromatic rings. The van der Waals surface area contributed by atoms with Crippen LogP contribution in [0.1, 0.15) is 37.6 Å². The standard InChI is InChI=1S/C14H18F2N2O3/c1-5-14(2,3)18(4)13(21)17-11-7-10(16)9(15)6-8(11)12(19)20/h6-7H,5H2,1-4H3,(H,17,21)(H,19,20). The van der Waals surface area contributed by atoms with Crippen LogP contribution in [0.2, 0.25) is 0 Å². The lowest BCUT2D eigenvalue weighted by Gasteiger charge is -2.34. The lowest BCUT2D eigenvalue weighted by atomic mass is 10.0. The van der Waals surface area contributed by atoms with Crippen LogP contribution in [-0.2, 0) is 0 Å². The minimum atomic E-state index is -1.46. The van der Waals surface area contributed by atoms with E-state index in [1.807, 2.05) is 20.8 Å². The molecule has 5 nitrogen and oxygen atoms in total. The van der Waals surface area contributed by atoms with E-state index in [0.29, 0.717) is 18.6 Å². The molecule has 7 heteroatoms. The molecule has 1 rings (SSSR count). The molecule has 2 N–H and O–H groups in total. The molecule has 0 aliphatic carbocycles. The second-order valence-corrected chi connectivity index (χ2v) is 5.27. The van der Waals surface area contributed by atoms with Crippen LogP contribution in [0.4, 0.5) is 19.3 Å². The van der Waals surface area contributed by atoms with Crippen molar-refractivity contribution in [2.75, 3.05) is 12.4 Å². The van der Waals surface area contributed by atoms with Crippen molar-refractivity contribution in [2.24, 2.45) is 0 Å². The third kappa shape index (κ3) is 3.68. The molecular formula is C14H18F2N2O3. The largest absolute Gasteiger partial charge is 0.478 e. The number of amides is 2. The summed E-state index contributed by atoms with van der Waals surface area (Å²) in [7, 11) is 1.54. The molecule has 0 spiro atoms. The van der Waals surface area contributed by atoms with Gasteiger partial charge in [-0.05, 0) is 26.3 Å². The molecule has 116 valence electrons. The van der Waals surface area contributed by atoms with E-state index in [0.717, 1.165) is 0 Å². The zero-order chi connectivity index (χ0) is 16.4. The van der Waals surface area contributed by atoms with Crippen molar-refractivity contribution in [3.8, 4) is 0 Å². The molecule has 2 amide bonds. The first-order valence-corrected chi connectivity index (χ1v) is 6.37. The van der Waals surface area contributed by atoms with Crippen molar-refractivity contribution < 1.29 is 23.5 Å². The summed E-state index contributed by atoms with van der Waals surface area (Å²) in [6.07, 6.45) is 0.667. The number of aromatic carboxylic acids is 1. The average molecular weight is 300 g/mol. The van der Waals surface area contributed by atoms with Crippen LogP contribution >= 0.6 is 0 Å². The van der Waals surface area contributed by atoms with Crippen molar-refractivity contribution in [2.45, 2.75) is 32.7 Å². The first-order valence-electron chi connectivity index (χ1n) is 6.37. The zero-order valence-electron chi connectivity index (χ0n) is 12.3. The second-order valence-electron chi connectivity index (χ2n) is 5.27. The van der Waals surface area contributed by atoms with E-state index in [2.05, 4.69) is 5.32 Å². The van der Waals surface area contributed by atoms with Gasteiger partial charge < -0.3 is 15.3 Å². The third-order valence-corrected chi connectivity index (χ3v) is 3.61. The van der Waals surface area contributed by atoms with E-state index in [1.54, 1.807) is 7.05 Å². The van der Waals surface area contributed by atoms with Crippen molar-refractivity contribution in [1.29, 1.82) is 0 Å². The van der Waals surface area contributed by atoms with Crippen LogP contribution < -0.4 is 5.32 Å². The molecule has 0 aliphatic heterocycles. The Balaban J connectivity index is 3.10. The number of urea groups is 1. The Labute approximate surface area is 121 Å². The smallest absolute Gasteiger partial charge is 0.337 e. The van der Waals surface area contributed by atoms with Crippen LogP contribution in [0.25, 0.3) is 0 Å². The van der Waals surface area contributed by atoms with Crippen molar-refractivity contribution >= 4 is 17.7 Å². The Kier molecular flexibility index (Phi) is 4.88. The molecule has 0 fully saturated rings. The number of carboxylic acids is 1. The predicted octanol–water partition coefficient (Wildman–Crippen LogP) is 3.32. The average Bonchev–Trinajstić information content (AvgIpc) is 2.41. The minimum absolute atomic E-state index is 0.287. The maximum Gasteiger partial charge on any atom is 0.337 e. The van der Waals surface area contributed by atoms with Crippen molar-refractivity contribution in [3.63, 3.8) is 0 Å². The predicted molar refractivity (Wildman–Crippen MR) is 74.5 cm³/mol. The number of carbonyl (C=O) groups excluding carboxylic acids is 1. The SMILES string of the molecule is CCC(C)(C)N(C)C(=O)Nc1cc(F)c(F)cc1C(=O)O. The topological polar surface area (TPSA) is 69.6 Å². The maximum atomic E-state index is 13.2. The van der Waals surface area contributed by atoms with E-state index in [9.17, 15) is 18.4 Å². The molecule has 0 heterocycles. The van der Waals surface area contributed by atoms with Gasteiger partial charge in [-0.15, -0.1) is 0 Å². The fourth-order valence-electron chi connectivity index (χ4n) is 1.54. The first-order chi connectivity index (χ1) is 9.60. The highest BCUT2D eigenvalue weighted by atomic mass is 19.2. The molecule has 1 aromatic carbocycles. The third-order valence-electron chi connectivity index (χ3n) is 3.61. The summed E-state index contributed by atoms with van der Waals surface area (Å²) in [5.41, 5.74) is -1.26. The van der Waals surface area contributed by atoms with E-state index < -0.39 is 34.7 Å². The van der Waals surface area contributed by atoms with Crippen molar-refractivity contribution in [1.82, 2.24) is 4.90 Å². The number of carboxylic acid groups (broad SMARTS) is 1. The molecule has 0 radical (unpaired) electrons. The molecule has 0 aromatic heterocycles. The summed E-state index contributed by atoms with van der Waals surface area (Å²) < 4.78 is 26.3. The van der Waals surface area contributed by atoms with E-state index in [4.69, 9.17) is 5.11 Å². The highest BCUT2D eigenvalue weighted by Crippen LogP contribution is 2.22. The zero-order valence-corrected chi connectivity index (χ0v) is 12.3. The molecule has 21 heavy (non-hydrogen) atoms. The Morgan fingerprint density at radius 3 is 2.29 bits per heavy atom. The van der Waals surface area contributed by atoms with Gasteiger partial charge in [-0.25, -0.2) is 18.4 Å². The molecule has 0 unspecified atom stereocenters. The highest BCUT2D eigenvalue weighted by Gasteiger charge is 2.27. The van der Waals surface area contributed by atoms with Crippen LogP contribution in [0.5, 0.6) is 0 Å². The fraction of sp³-hybridized carbons (Fsp3) is 0.429. The fourth-order valence-corrected chi connectivity index (χ4v) is 1.54. The molecule has 0 saturated heterocycles. The maximum absolute atomic E-state index is 13.2. The summed E-state index contributed by atoms with van der Waals surface area (Å²) in [6, 6.07) is 0.595. The number of nitrogens with one attached hydrogen (secondary N) is 1.